The van der Waals surface area contributed by atoms with Crippen LogP contribution in [0.2, 0.25) is 0 Å². The fourth-order valence-electron chi connectivity index (χ4n) is 5.26. The van der Waals surface area contributed by atoms with E-state index in [1.165, 1.54) is 14.2 Å². The van der Waals surface area contributed by atoms with Crippen LogP contribution >= 0.6 is 0 Å². The number of hydrogen-bond donors (Lipinski definition) is 0. The van der Waals surface area contributed by atoms with Gasteiger partial charge in [0.2, 0.25) is 0 Å². The van der Waals surface area contributed by atoms with Crippen molar-refractivity contribution in [3.05, 3.63) is 41.0 Å². The van der Waals surface area contributed by atoms with E-state index in [1.54, 1.807) is 0 Å². The van der Waals surface area contributed by atoms with Crippen LogP contribution in [0.5, 0.6) is 0 Å². The molecule has 0 radical (unpaired) electrons. The highest BCUT2D eigenvalue weighted by atomic mass is 16.5. The fourth-order valence-corrected chi connectivity index (χ4v) is 5.26. The summed E-state index contributed by atoms with van der Waals surface area (Å²) < 4.78 is 10.0. The molecule has 2 aliphatic carbocycles. The first-order valence-corrected chi connectivity index (χ1v) is 7.81. The molecule has 3 aliphatic rings. The minimum Gasteiger partial charge on any atom is -0.466 e. The van der Waals surface area contributed by atoms with Gasteiger partial charge < -0.3 is 14.4 Å². The van der Waals surface area contributed by atoms with E-state index in [9.17, 15) is 9.59 Å². The summed E-state index contributed by atoms with van der Waals surface area (Å²) >= 11 is 0. The van der Waals surface area contributed by atoms with Crippen LogP contribution in [-0.4, -0.2) is 38.7 Å². The lowest BCUT2D eigenvalue weighted by Crippen LogP contribution is -2.66. The molecule has 0 N–H and O–H groups in total. The number of carbonyl (C=O) groups excluding carboxylic acids is 2. The molecule has 0 saturated heterocycles. The summed E-state index contributed by atoms with van der Waals surface area (Å²) in [7, 11) is 4.72. The molecule has 0 bridgehead atoms. The minimum absolute atomic E-state index is 0.423. The average Bonchev–Trinajstić information content (AvgIpc) is 2.96. The van der Waals surface area contributed by atoms with E-state index in [4.69, 9.17) is 9.47 Å². The zero-order valence-electron chi connectivity index (χ0n) is 13.5. The van der Waals surface area contributed by atoms with Gasteiger partial charge in [-0.15, -0.1) is 0 Å². The first kappa shape index (κ1) is 14.3. The Bertz CT molecular complexity index is 768. The molecule has 120 valence electrons. The van der Waals surface area contributed by atoms with Crippen molar-refractivity contribution < 1.29 is 19.1 Å². The van der Waals surface area contributed by atoms with Crippen LogP contribution in [0, 0.1) is 0 Å². The Hall–Kier alpha value is -2.30. The van der Waals surface area contributed by atoms with E-state index < -0.39 is 22.9 Å². The van der Waals surface area contributed by atoms with E-state index in [0.29, 0.717) is 11.1 Å². The van der Waals surface area contributed by atoms with Gasteiger partial charge in [0, 0.05) is 12.7 Å². The van der Waals surface area contributed by atoms with Crippen LogP contribution in [0.15, 0.2) is 35.4 Å². The van der Waals surface area contributed by atoms with E-state index in [1.807, 2.05) is 25.2 Å². The summed E-state index contributed by atoms with van der Waals surface area (Å²) in [6.07, 6.45) is 2.64. The Morgan fingerprint density at radius 2 is 1.70 bits per heavy atom. The average molecular weight is 313 g/mol. The van der Waals surface area contributed by atoms with Gasteiger partial charge in [-0.25, -0.2) is 9.59 Å². The van der Waals surface area contributed by atoms with Crippen molar-refractivity contribution >= 4 is 17.6 Å². The number of para-hydroxylation sites is 1. The van der Waals surface area contributed by atoms with Crippen molar-refractivity contribution in [3.63, 3.8) is 0 Å². The highest BCUT2D eigenvalue weighted by molar-refractivity contribution is 6.12. The van der Waals surface area contributed by atoms with Crippen LogP contribution in [0.25, 0.3) is 0 Å². The van der Waals surface area contributed by atoms with Crippen molar-refractivity contribution in [2.45, 2.75) is 30.2 Å². The molecule has 1 aromatic rings. The van der Waals surface area contributed by atoms with Gasteiger partial charge in [-0.1, -0.05) is 18.2 Å². The Morgan fingerprint density at radius 1 is 1.04 bits per heavy atom. The number of anilines is 1. The number of carbonyl (C=O) groups is 2. The second-order valence-corrected chi connectivity index (χ2v) is 6.43. The molecule has 5 heteroatoms. The lowest BCUT2D eigenvalue weighted by molar-refractivity contribution is -0.142. The lowest BCUT2D eigenvalue weighted by atomic mass is 9.51. The molecule has 0 spiro atoms. The molecule has 1 saturated carbocycles. The Morgan fingerprint density at radius 3 is 2.39 bits per heavy atom. The Kier molecular flexibility index (Phi) is 2.72. The molecule has 0 aromatic heterocycles. The maximum atomic E-state index is 12.5. The van der Waals surface area contributed by atoms with Gasteiger partial charge in [-0.3, -0.25) is 0 Å². The lowest BCUT2D eigenvalue weighted by Gasteiger charge is -2.54. The molecule has 1 fully saturated rings. The van der Waals surface area contributed by atoms with E-state index >= 15 is 0 Å². The molecular formula is C18H19NO4. The third-order valence-corrected chi connectivity index (χ3v) is 5.96. The van der Waals surface area contributed by atoms with Gasteiger partial charge in [-0.2, -0.15) is 0 Å². The molecule has 0 amide bonds. The maximum absolute atomic E-state index is 12.5. The number of esters is 2. The molecule has 23 heavy (non-hydrogen) atoms. The largest absolute Gasteiger partial charge is 0.466 e. The molecule has 2 atom stereocenters. The Balaban J connectivity index is 2.05. The molecule has 4 rings (SSSR count). The second-order valence-electron chi connectivity index (χ2n) is 6.43. The second kappa shape index (κ2) is 4.37. The number of benzene rings is 1. The monoisotopic (exact) mass is 313 g/mol. The molecule has 5 nitrogen and oxygen atoms in total. The minimum atomic E-state index is -0.479. The normalized spacial score (nSPS) is 30.3. The highest BCUT2D eigenvalue weighted by Gasteiger charge is 2.77. The standard InChI is InChI=1S/C18H19NO4/c1-19-12-8-5-4-7-11(12)17-9-6-10-18(17,19)14(16(21)23-3)13(17)15(20)22-2/h4-5,7-8H,6,9-10H2,1-3H3/t17-,18+/m1/s1. The molecule has 1 heterocycles. The third kappa shape index (κ3) is 1.27. The van der Waals surface area contributed by atoms with Gasteiger partial charge in [0.1, 0.15) is 0 Å². The van der Waals surface area contributed by atoms with Crippen molar-refractivity contribution in [3.8, 4) is 0 Å². The summed E-state index contributed by atoms with van der Waals surface area (Å²) in [5.74, 6) is -0.851. The fraction of sp³-hybridized carbons (Fsp3) is 0.444. The van der Waals surface area contributed by atoms with Crippen molar-refractivity contribution in [1.82, 2.24) is 0 Å². The van der Waals surface area contributed by atoms with Crippen molar-refractivity contribution in [2.24, 2.45) is 0 Å². The first-order valence-electron chi connectivity index (χ1n) is 7.81. The number of rotatable bonds is 2. The molecule has 1 aliphatic heterocycles. The van der Waals surface area contributed by atoms with Crippen LogP contribution in [-0.2, 0) is 24.5 Å². The SMILES string of the molecule is COC(=O)C1=C(C(=O)OC)[C@@]23CCC[C@@]12c1ccccc1N3C. The third-order valence-electron chi connectivity index (χ3n) is 5.96. The van der Waals surface area contributed by atoms with Crippen LogP contribution < -0.4 is 4.90 Å². The number of ether oxygens (including phenoxy) is 2. The van der Waals surface area contributed by atoms with Gasteiger partial charge >= 0.3 is 11.9 Å². The summed E-state index contributed by atoms with van der Waals surface area (Å²) in [6, 6.07) is 8.09. The topological polar surface area (TPSA) is 55.8 Å². The quantitative estimate of drug-likeness (QED) is 0.781. The molecule has 1 aromatic carbocycles. The number of likely N-dealkylation sites (N-methyl/N-ethyl adjacent to an activating group) is 1. The van der Waals surface area contributed by atoms with Gasteiger partial charge in [-0.05, 0) is 30.9 Å². The van der Waals surface area contributed by atoms with Crippen molar-refractivity contribution in [2.75, 3.05) is 26.2 Å². The summed E-state index contributed by atoms with van der Waals surface area (Å²) in [4.78, 5) is 27.2. The maximum Gasteiger partial charge on any atom is 0.336 e. The molecule has 0 unspecified atom stereocenters. The van der Waals surface area contributed by atoms with Crippen LogP contribution in [0.1, 0.15) is 24.8 Å². The number of nitrogens with zero attached hydrogens (tertiary/aromatic N) is 1. The van der Waals surface area contributed by atoms with E-state index in [0.717, 1.165) is 30.5 Å². The molecular weight excluding hydrogens is 294 g/mol. The summed E-state index contributed by atoms with van der Waals surface area (Å²) in [5, 5.41) is 0. The van der Waals surface area contributed by atoms with Crippen molar-refractivity contribution in [1.29, 1.82) is 0 Å². The smallest absolute Gasteiger partial charge is 0.336 e. The van der Waals surface area contributed by atoms with Gasteiger partial charge in [0.15, 0.2) is 0 Å². The number of methoxy groups -OCH3 is 2. The summed E-state index contributed by atoms with van der Waals surface area (Å²) in [5.41, 5.74) is 2.23. The highest BCUT2D eigenvalue weighted by Crippen LogP contribution is 2.72. The van der Waals surface area contributed by atoms with Crippen LogP contribution in [0.4, 0.5) is 5.69 Å². The van der Waals surface area contributed by atoms with E-state index in [-0.39, 0.29) is 0 Å². The summed E-state index contributed by atoms with van der Waals surface area (Å²) in [6.45, 7) is 0. The Labute approximate surface area is 134 Å². The van der Waals surface area contributed by atoms with Gasteiger partial charge in [0.25, 0.3) is 0 Å². The van der Waals surface area contributed by atoms with E-state index in [2.05, 4.69) is 11.0 Å². The zero-order chi connectivity index (χ0) is 16.4. The zero-order valence-corrected chi connectivity index (χ0v) is 13.5. The number of hydrogen-bond acceptors (Lipinski definition) is 5. The van der Waals surface area contributed by atoms with Crippen LogP contribution in [0.3, 0.4) is 0 Å². The van der Waals surface area contributed by atoms with Gasteiger partial charge in [0.05, 0.1) is 36.3 Å². The predicted molar refractivity (Wildman–Crippen MR) is 84.2 cm³/mol. The predicted octanol–water partition coefficient (Wildman–Crippen LogP) is 1.95. The first-order chi connectivity index (χ1) is 11.1. The number of fused-ring (bicyclic) bond motifs is 1.